The third-order valence-electron chi connectivity index (χ3n) is 5.46. The van der Waals surface area contributed by atoms with Crippen molar-refractivity contribution in [3.8, 4) is 11.5 Å². The first-order valence-electron chi connectivity index (χ1n) is 10.1. The third-order valence-corrected chi connectivity index (χ3v) is 5.68. The maximum atomic E-state index is 11.2. The van der Waals surface area contributed by atoms with E-state index in [4.69, 9.17) is 21.4 Å². The Bertz CT molecular complexity index is 1070. The van der Waals surface area contributed by atoms with E-state index < -0.39 is 12.1 Å². The molecule has 0 saturated heterocycles. The van der Waals surface area contributed by atoms with Gasteiger partial charge in [0.15, 0.2) is 0 Å². The zero-order valence-electron chi connectivity index (χ0n) is 16.8. The highest BCUT2D eigenvalue weighted by molar-refractivity contribution is 6.29. The quantitative estimate of drug-likeness (QED) is 0.473. The summed E-state index contributed by atoms with van der Waals surface area (Å²) >= 11 is 5.80. The number of nitrogens with zero attached hydrogens (tertiary/aromatic N) is 1. The van der Waals surface area contributed by atoms with E-state index in [1.54, 1.807) is 30.5 Å². The van der Waals surface area contributed by atoms with Gasteiger partial charge in [-0.1, -0.05) is 29.8 Å². The predicted molar refractivity (Wildman–Crippen MR) is 118 cm³/mol. The molecular weight excluding hydrogens is 416 g/mol. The minimum atomic E-state index is -0.985. The molecule has 0 saturated carbocycles. The van der Waals surface area contributed by atoms with Crippen LogP contribution in [0.4, 0.5) is 0 Å². The second kappa shape index (κ2) is 9.47. The van der Waals surface area contributed by atoms with Crippen molar-refractivity contribution >= 4 is 17.6 Å². The fourth-order valence-electron chi connectivity index (χ4n) is 3.78. The van der Waals surface area contributed by atoms with Crippen molar-refractivity contribution in [1.82, 2.24) is 10.3 Å². The molecule has 0 bridgehead atoms. The summed E-state index contributed by atoms with van der Waals surface area (Å²) < 4.78 is 5.89. The number of benzene rings is 2. The van der Waals surface area contributed by atoms with Gasteiger partial charge in [0.1, 0.15) is 16.7 Å². The molecule has 160 valence electrons. The van der Waals surface area contributed by atoms with E-state index in [2.05, 4.69) is 16.4 Å². The van der Waals surface area contributed by atoms with Crippen LogP contribution in [0.1, 0.15) is 39.6 Å². The van der Waals surface area contributed by atoms with E-state index in [0.717, 1.165) is 24.8 Å². The highest BCUT2D eigenvalue weighted by atomic mass is 35.5. The molecule has 0 unspecified atom stereocenters. The van der Waals surface area contributed by atoms with Crippen LogP contribution in [-0.4, -0.2) is 33.8 Å². The average Bonchev–Trinajstić information content (AvgIpc) is 2.78. The molecule has 7 heteroatoms. The van der Waals surface area contributed by atoms with Gasteiger partial charge in [0.2, 0.25) is 0 Å². The maximum Gasteiger partial charge on any atom is 0.335 e. The molecule has 0 amide bonds. The van der Waals surface area contributed by atoms with Crippen LogP contribution in [0.25, 0.3) is 0 Å². The van der Waals surface area contributed by atoms with Gasteiger partial charge < -0.3 is 20.3 Å². The minimum absolute atomic E-state index is 0.189. The van der Waals surface area contributed by atoms with Crippen LogP contribution in [0.3, 0.4) is 0 Å². The number of pyridine rings is 1. The van der Waals surface area contributed by atoms with Crippen LogP contribution in [-0.2, 0) is 12.8 Å². The van der Waals surface area contributed by atoms with Crippen LogP contribution in [0, 0.1) is 0 Å². The highest BCUT2D eigenvalue weighted by Gasteiger charge is 2.20. The van der Waals surface area contributed by atoms with Crippen LogP contribution in [0.5, 0.6) is 11.5 Å². The van der Waals surface area contributed by atoms with Crippen LogP contribution >= 0.6 is 11.6 Å². The second-order valence-corrected chi connectivity index (χ2v) is 8.03. The first kappa shape index (κ1) is 21.3. The van der Waals surface area contributed by atoms with E-state index in [1.807, 2.05) is 12.1 Å². The zero-order valence-corrected chi connectivity index (χ0v) is 17.5. The maximum absolute atomic E-state index is 11.2. The van der Waals surface area contributed by atoms with Gasteiger partial charge in [0, 0.05) is 24.3 Å². The number of aryl methyl sites for hydroxylation is 1. The number of carboxylic acid groups (broad SMARTS) is 1. The SMILES string of the molecule is O=C(O)c1cccc(Oc2ccc3c(c2)C[C@@H](NC[C@H](O)c2ccc(Cl)nc2)CC3)c1. The van der Waals surface area contributed by atoms with Crippen molar-refractivity contribution < 1.29 is 19.7 Å². The number of aliphatic hydroxyl groups excluding tert-OH is 1. The number of ether oxygens (including phenoxy) is 1. The third kappa shape index (κ3) is 5.41. The minimum Gasteiger partial charge on any atom is -0.478 e. The van der Waals surface area contributed by atoms with E-state index >= 15 is 0 Å². The van der Waals surface area contributed by atoms with E-state index in [1.165, 1.54) is 23.3 Å². The summed E-state index contributed by atoms with van der Waals surface area (Å²) in [5.41, 5.74) is 3.40. The molecule has 1 heterocycles. The van der Waals surface area contributed by atoms with Crippen molar-refractivity contribution in [3.05, 3.63) is 88.2 Å². The number of nitrogens with one attached hydrogen (secondary N) is 1. The van der Waals surface area contributed by atoms with Crippen molar-refractivity contribution in [2.75, 3.05) is 6.54 Å². The first-order chi connectivity index (χ1) is 15.0. The number of carbonyl (C=O) groups is 1. The Kier molecular flexibility index (Phi) is 6.51. The van der Waals surface area contributed by atoms with E-state index in [9.17, 15) is 9.90 Å². The monoisotopic (exact) mass is 438 g/mol. The topological polar surface area (TPSA) is 91.7 Å². The molecule has 0 fully saturated rings. The van der Waals surface area contributed by atoms with Gasteiger partial charge in [-0.25, -0.2) is 9.78 Å². The largest absolute Gasteiger partial charge is 0.478 e. The fourth-order valence-corrected chi connectivity index (χ4v) is 3.89. The number of fused-ring (bicyclic) bond motifs is 1. The number of hydrogen-bond acceptors (Lipinski definition) is 5. The van der Waals surface area contributed by atoms with Gasteiger partial charge in [0.05, 0.1) is 11.7 Å². The first-order valence-corrected chi connectivity index (χ1v) is 10.5. The van der Waals surface area contributed by atoms with Gasteiger partial charge in [0.25, 0.3) is 0 Å². The molecule has 31 heavy (non-hydrogen) atoms. The smallest absolute Gasteiger partial charge is 0.335 e. The molecule has 3 aromatic rings. The summed E-state index contributed by atoms with van der Waals surface area (Å²) in [6.07, 6.45) is 3.70. The van der Waals surface area contributed by atoms with Crippen LogP contribution in [0.15, 0.2) is 60.8 Å². The number of halogens is 1. The molecule has 2 atom stereocenters. The second-order valence-electron chi connectivity index (χ2n) is 7.64. The summed E-state index contributed by atoms with van der Waals surface area (Å²) in [4.78, 5) is 15.2. The number of rotatable bonds is 7. The van der Waals surface area contributed by atoms with Gasteiger partial charge in [-0.05, 0) is 66.8 Å². The molecule has 4 rings (SSSR count). The molecule has 1 aliphatic carbocycles. The van der Waals surface area contributed by atoms with E-state index in [0.29, 0.717) is 23.2 Å². The Balaban J connectivity index is 1.38. The molecule has 6 nitrogen and oxygen atoms in total. The molecule has 1 aromatic heterocycles. The number of hydrogen-bond donors (Lipinski definition) is 3. The van der Waals surface area contributed by atoms with Gasteiger partial charge >= 0.3 is 5.97 Å². The highest BCUT2D eigenvalue weighted by Crippen LogP contribution is 2.29. The molecule has 0 aliphatic heterocycles. The van der Waals surface area contributed by atoms with Crippen LogP contribution < -0.4 is 10.1 Å². The lowest BCUT2D eigenvalue weighted by atomic mass is 9.88. The lowest BCUT2D eigenvalue weighted by Gasteiger charge is -2.27. The van der Waals surface area contributed by atoms with Gasteiger partial charge in [-0.3, -0.25) is 0 Å². The molecule has 0 radical (unpaired) electrons. The zero-order chi connectivity index (χ0) is 21.8. The number of aromatic carboxylic acids is 1. The van der Waals surface area contributed by atoms with Crippen molar-refractivity contribution in [3.63, 3.8) is 0 Å². The lowest BCUT2D eigenvalue weighted by Crippen LogP contribution is -2.37. The summed E-state index contributed by atoms with van der Waals surface area (Å²) in [6, 6.07) is 16.1. The fraction of sp³-hybridized carbons (Fsp3) is 0.250. The summed E-state index contributed by atoms with van der Waals surface area (Å²) in [6.45, 7) is 0.432. The normalized spacial score (nSPS) is 16.4. The van der Waals surface area contributed by atoms with Gasteiger partial charge in [-0.2, -0.15) is 0 Å². The summed E-state index contributed by atoms with van der Waals surface area (Å²) in [5, 5.41) is 23.4. The number of aromatic nitrogens is 1. The number of carboxylic acids is 1. The van der Waals surface area contributed by atoms with Crippen molar-refractivity contribution in [1.29, 1.82) is 0 Å². The van der Waals surface area contributed by atoms with Crippen LogP contribution in [0.2, 0.25) is 5.15 Å². The van der Waals surface area contributed by atoms with Gasteiger partial charge in [-0.15, -0.1) is 0 Å². The molecule has 3 N–H and O–H groups in total. The van der Waals surface area contributed by atoms with Crippen molar-refractivity contribution in [2.45, 2.75) is 31.4 Å². The number of aliphatic hydroxyl groups is 1. The molecular formula is C24H23ClN2O4. The molecule has 2 aromatic carbocycles. The van der Waals surface area contributed by atoms with E-state index in [-0.39, 0.29) is 11.6 Å². The van der Waals surface area contributed by atoms with Crippen molar-refractivity contribution in [2.24, 2.45) is 0 Å². The molecule has 0 spiro atoms. The Morgan fingerprint density at radius 3 is 2.77 bits per heavy atom. The Labute approximate surface area is 185 Å². The summed E-state index contributed by atoms with van der Waals surface area (Å²) in [5.74, 6) is 0.181. The Morgan fingerprint density at radius 2 is 2.00 bits per heavy atom. The predicted octanol–water partition coefficient (Wildman–Crippen LogP) is 4.41. The Morgan fingerprint density at radius 1 is 1.16 bits per heavy atom. The Hall–Kier alpha value is -2.93. The molecule has 1 aliphatic rings. The average molecular weight is 439 g/mol. The standard InChI is InChI=1S/C24H23ClN2O4/c25-23-9-6-17(13-27-23)22(28)14-26-19-7-4-15-5-8-21(12-18(15)10-19)31-20-3-1-2-16(11-20)24(29)30/h1-3,5-6,8-9,11-13,19,22,26,28H,4,7,10,14H2,(H,29,30)/t19-,22-/m0/s1. The summed E-state index contributed by atoms with van der Waals surface area (Å²) in [7, 11) is 0. The lowest BCUT2D eigenvalue weighted by molar-refractivity contribution is 0.0696.